The molecule has 2 heterocycles. The number of rotatable bonds is 4. The molecule has 1 aliphatic carbocycles. The quantitative estimate of drug-likeness (QED) is 0.901. The molecule has 1 N–H and O–H groups in total. The molecule has 4 rings (SSSR count). The van der Waals surface area contributed by atoms with Crippen LogP contribution in [-0.2, 0) is 16.0 Å². The van der Waals surface area contributed by atoms with Crippen molar-refractivity contribution in [2.45, 2.75) is 19.3 Å². The zero-order valence-electron chi connectivity index (χ0n) is 13.1. The fraction of sp³-hybridized carbons (Fsp3) is 0.444. The highest BCUT2D eigenvalue weighted by molar-refractivity contribution is 7.17. The van der Waals surface area contributed by atoms with Crippen LogP contribution in [0.3, 0.4) is 0 Å². The minimum Gasteiger partial charge on any atom is -0.481 e. The molecule has 1 aliphatic heterocycles. The second-order valence-corrected chi connectivity index (χ2v) is 8.17. The lowest BCUT2D eigenvalue weighted by atomic mass is 9.92. The summed E-state index contributed by atoms with van der Waals surface area (Å²) in [5.74, 6) is -0.543. The first-order chi connectivity index (χ1) is 11.5. The molecule has 2 aromatic rings. The number of hydrogen-bond donors (Lipinski definition) is 1. The highest BCUT2D eigenvalue weighted by atomic mass is 35.5. The van der Waals surface area contributed by atoms with Crippen LogP contribution in [-0.4, -0.2) is 35.0 Å². The lowest BCUT2D eigenvalue weighted by Crippen LogP contribution is -2.31. The van der Waals surface area contributed by atoms with Gasteiger partial charge in [0.2, 0.25) is 5.91 Å². The van der Waals surface area contributed by atoms with Crippen LogP contribution < -0.4 is 0 Å². The predicted molar refractivity (Wildman–Crippen MR) is 94.5 cm³/mol. The summed E-state index contributed by atoms with van der Waals surface area (Å²) in [7, 11) is 0. The maximum absolute atomic E-state index is 12.7. The number of amides is 1. The Labute approximate surface area is 149 Å². The van der Waals surface area contributed by atoms with Crippen molar-refractivity contribution in [2.75, 3.05) is 13.1 Å². The van der Waals surface area contributed by atoms with Crippen LogP contribution in [0.15, 0.2) is 23.6 Å². The van der Waals surface area contributed by atoms with Gasteiger partial charge < -0.3 is 10.0 Å². The van der Waals surface area contributed by atoms with Crippen LogP contribution in [0, 0.1) is 17.8 Å². The Kier molecular flexibility index (Phi) is 4.01. The van der Waals surface area contributed by atoms with Crippen molar-refractivity contribution in [3.05, 3.63) is 34.2 Å². The molecular weight excluding hydrogens is 346 g/mol. The van der Waals surface area contributed by atoms with Gasteiger partial charge in [0.05, 0.1) is 12.3 Å². The van der Waals surface area contributed by atoms with Crippen molar-refractivity contribution in [1.82, 2.24) is 4.90 Å². The summed E-state index contributed by atoms with van der Waals surface area (Å²) >= 11 is 7.67. The van der Waals surface area contributed by atoms with Gasteiger partial charge in [0, 0.05) is 22.8 Å². The average molecular weight is 364 g/mol. The number of carboxylic acids is 1. The smallest absolute Gasteiger partial charge is 0.308 e. The van der Waals surface area contributed by atoms with E-state index in [-0.39, 0.29) is 11.8 Å². The van der Waals surface area contributed by atoms with Crippen LogP contribution in [0.4, 0.5) is 0 Å². The van der Waals surface area contributed by atoms with Crippen molar-refractivity contribution in [3.63, 3.8) is 0 Å². The van der Waals surface area contributed by atoms with E-state index >= 15 is 0 Å². The summed E-state index contributed by atoms with van der Waals surface area (Å²) < 4.78 is 1.11. The maximum Gasteiger partial charge on any atom is 0.308 e. The molecule has 1 aromatic heterocycles. The first-order valence-electron chi connectivity index (χ1n) is 8.19. The Morgan fingerprint density at radius 1 is 1.29 bits per heavy atom. The molecule has 1 aromatic carbocycles. The average Bonchev–Trinajstić information content (AvgIpc) is 3.17. The summed E-state index contributed by atoms with van der Waals surface area (Å²) in [5, 5.41) is 13.1. The molecule has 2 fully saturated rings. The van der Waals surface area contributed by atoms with E-state index < -0.39 is 11.9 Å². The maximum atomic E-state index is 12.7. The molecule has 0 bridgehead atoms. The number of hydrogen-bond acceptors (Lipinski definition) is 3. The largest absolute Gasteiger partial charge is 0.481 e. The zero-order valence-corrected chi connectivity index (χ0v) is 14.6. The van der Waals surface area contributed by atoms with Gasteiger partial charge in [0.15, 0.2) is 0 Å². The van der Waals surface area contributed by atoms with E-state index in [0.29, 0.717) is 30.5 Å². The van der Waals surface area contributed by atoms with E-state index in [2.05, 4.69) is 0 Å². The number of likely N-dealkylation sites (tertiary alicyclic amines) is 1. The topological polar surface area (TPSA) is 57.6 Å². The molecule has 0 unspecified atom stereocenters. The summed E-state index contributed by atoms with van der Waals surface area (Å²) in [5.41, 5.74) is 0.976. The van der Waals surface area contributed by atoms with Crippen molar-refractivity contribution >= 4 is 44.9 Å². The molecule has 2 atom stereocenters. The van der Waals surface area contributed by atoms with Gasteiger partial charge in [-0.2, -0.15) is 0 Å². The second-order valence-electron chi connectivity index (χ2n) is 6.82. The monoisotopic (exact) mass is 363 g/mol. The van der Waals surface area contributed by atoms with E-state index in [4.69, 9.17) is 11.6 Å². The summed E-state index contributed by atoms with van der Waals surface area (Å²) in [4.78, 5) is 25.9. The summed E-state index contributed by atoms with van der Waals surface area (Å²) in [6.45, 7) is 0.932. The Hall–Kier alpha value is -1.59. The van der Waals surface area contributed by atoms with Crippen molar-refractivity contribution in [2.24, 2.45) is 17.8 Å². The van der Waals surface area contributed by atoms with Crippen LogP contribution >= 0.6 is 22.9 Å². The summed E-state index contributed by atoms with van der Waals surface area (Å²) in [6, 6.07) is 5.72. The number of fused-ring (bicyclic) bond motifs is 1. The van der Waals surface area contributed by atoms with Crippen molar-refractivity contribution in [3.8, 4) is 0 Å². The number of thiophene rings is 1. The molecule has 0 spiro atoms. The molecule has 24 heavy (non-hydrogen) atoms. The SMILES string of the molecule is O=C(O)[C@H]1CN(C(=O)Cc2csc3ccc(Cl)cc23)C[C@@H]1C1CC1. The molecule has 4 nitrogen and oxygen atoms in total. The number of carboxylic acid groups (broad SMARTS) is 1. The minimum atomic E-state index is -0.769. The first kappa shape index (κ1) is 15.9. The molecule has 126 valence electrons. The molecule has 0 radical (unpaired) electrons. The van der Waals surface area contributed by atoms with E-state index in [1.165, 1.54) is 0 Å². The normalized spacial score (nSPS) is 23.8. The fourth-order valence-corrected chi connectivity index (χ4v) is 4.88. The molecule has 2 aliphatic rings. The van der Waals surface area contributed by atoms with Crippen molar-refractivity contribution in [1.29, 1.82) is 0 Å². The van der Waals surface area contributed by atoms with E-state index in [1.54, 1.807) is 16.2 Å². The minimum absolute atomic E-state index is 0.0177. The van der Waals surface area contributed by atoms with Crippen LogP contribution in [0.25, 0.3) is 10.1 Å². The Morgan fingerprint density at radius 2 is 2.08 bits per heavy atom. The van der Waals surface area contributed by atoms with Gasteiger partial charge >= 0.3 is 5.97 Å². The van der Waals surface area contributed by atoms with Gasteiger partial charge in [0.25, 0.3) is 0 Å². The van der Waals surface area contributed by atoms with Gasteiger partial charge in [0.1, 0.15) is 0 Å². The number of aliphatic carboxylic acids is 1. The van der Waals surface area contributed by atoms with Gasteiger partial charge in [-0.1, -0.05) is 11.6 Å². The summed E-state index contributed by atoms with van der Waals surface area (Å²) in [6.07, 6.45) is 2.51. The van der Waals surface area contributed by atoms with Crippen LogP contribution in [0.5, 0.6) is 0 Å². The number of carbonyl (C=O) groups is 2. The molecule has 6 heteroatoms. The third-order valence-electron chi connectivity index (χ3n) is 5.22. The number of benzene rings is 1. The molecule has 1 saturated heterocycles. The standard InChI is InChI=1S/C18H18ClNO3S/c19-12-3-4-16-13(6-12)11(9-24-16)5-17(21)20-7-14(10-1-2-10)15(8-20)18(22)23/h3-4,6,9-10,14-15H,1-2,5,7-8H2,(H,22,23)/t14-,15+/m1/s1. The zero-order chi connectivity index (χ0) is 16.8. The molecular formula is C18H18ClNO3S. The Morgan fingerprint density at radius 3 is 2.79 bits per heavy atom. The van der Waals surface area contributed by atoms with E-state index in [9.17, 15) is 14.7 Å². The van der Waals surface area contributed by atoms with Gasteiger partial charge in [-0.05, 0) is 59.2 Å². The van der Waals surface area contributed by atoms with Gasteiger partial charge in [-0.3, -0.25) is 9.59 Å². The molecule has 1 amide bonds. The van der Waals surface area contributed by atoms with Gasteiger partial charge in [-0.15, -0.1) is 11.3 Å². The van der Waals surface area contributed by atoms with Crippen molar-refractivity contribution < 1.29 is 14.7 Å². The van der Waals surface area contributed by atoms with E-state index in [1.807, 2.05) is 23.6 Å². The second kappa shape index (κ2) is 6.05. The highest BCUT2D eigenvalue weighted by Crippen LogP contribution is 2.44. The number of halogens is 1. The van der Waals surface area contributed by atoms with Crippen LogP contribution in [0.2, 0.25) is 5.02 Å². The Bertz CT molecular complexity index is 814. The van der Waals surface area contributed by atoms with Gasteiger partial charge in [-0.25, -0.2) is 0 Å². The van der Waals surface area contributed by atoms with Crippen LogP contribution in [0.1, 0.15) is 18.4 Å². The Balaban J connectivity index is 1.51. The molecule has 1 saturated carbocycles. The number of carbonyl (C=O) groups excluding carboxylic acids is 1. The lowest BCUT2D eigenvalue weighted by Gasteiger charge is -2.16. The fourth-order valence-electron chi connectivity index (χ4n) is 3.76. The predicted octanol–water partition coefficient (Wildman–Crippen LogP) is 3.67. The third-order valence-corrected chi connectivity index (χ3v) is 6.47. The highest BCUT2D eigenvalue weighted by Gasteiger charge is 2.46. The lowest BCUT2D eigenvalue weighted by molar-refractivity contribution is -0.142. The third kappa shape index (κ3) is 2.91. The van der Waals surface area contributed by atoms with E-state index in [0.717, 1.165) is 28.5 Å². The first-order valence-corrected chi connectivity index (χ1v) is 9.45. The number of nitrogens with zero attached hydrogens (tertiary/aromatic N) is 1.